The van der Waals surface area contributed by atoms with Gasteiger partial charge in [-0.3, -0.25) is 10.1 Å². The first-order chi connectivity index (χ1) is 7.04. The summed E-state index contributed by atoms with van der Waals surface area (Å²) in [6.07, 6.45) is 1.24. The maximum absolute atomic E-state index is 10.7. The summed E-state index contributed by atoms with van der Waals surface area (Å²) >= 11 is 5.72. The minimum Gasteiger partial charge on any atom is -0.480 e. The fourth-order valence-corrected chi connectivity index (χ4v) is 1.14. The van der Waals surface area contributed by atoms with Crippen molar-refractivity contribution in [2.45, 2.75) is 13.0 Å². The lowest BCUT2D eigenvalue weighted by Crippen LogP contribution is -2.08. The molecule has 0 saturated heterocycles. The average molecular weight is 228 g/mol. The number of halogens is 1. The summed E-state index contributed by atoms with van der Waals surface area (Å²) in [5.41, 5.74) is -0.104. The molecule has 0 bridgehead atoms. The summed E-state index contributed by atoms with van der Waals surface area (Å²) in [6, 6.07) is 4.18. The molecule has 1 rings (SSSR count). The molecule has 1 aromatic rings. The van der Waals surface area contributed by atoms with Crippen LogP contribution in [0.4, 0.5) is 5.69 Å². The zero-order chi connectivity index (χ0) is 11.4. The number of benzene rings is 1. The van der Waals surface area contributed by atoms with Gasteiger partial charge in [-0.05, 0) is 13.0 Å². The van der Waals surface area contributed by atoms with Crippen LogP contribution in [-0.2, 0) is 0 Å². The summed E-state index contributed by atoms with van der Waals surface area (Å²) in [5, 5.41) is 11.1. The SMILES string of the molecule is C=CC(C)Oc1cc(Cl)ccc1[N+](=O)[O-]. The van der Waals surface area contributed by atoms with E-state index < -0.39 is 4.92 Å². The van der Waals surface area contributed by atoms with Crippen LogP contribution in [0.3, 0.4) is 0 Å². The van der Waals surface area contributed by atoms with Crippen LogP contribution in [0.5, 0.6) is 5.75 Å². The van der Waals surface area contributed by atoms with Gasteiger partial charge in [0.1, 0.15) is 6.10 Å². The number of nitro benzene ring substituents is 1. The maximum Gasteiger partial charge on any atom is 0.311 e. The van der Waals surface area contributed by atoms with E-state index >= 15 is 0 Å². The van der Waals surface area contributed by atoms with Gasteiger partial charge in [0.05, 0.1) is 4.92 Å². The third-order valence-corrected chi connectivity index (χ3v) is 2.00. The van der Waals surface area contributed by atoms with Crippen molar-refractivity contribution in [3.05, 3.63) is 46.0 Å². The molecule has 4 nitrogen and oxygen atoms in total. The van der Waals surface area contributed by atoms with E-state index in [-0.39, 0.29) is 17.5 Å². The Morgan fingerprint density at radius 3 is 2.87 bits per heavy atom. The van der Waals surface area contributed by atoms with Crippen molar-refractivity contribution in [2.24, 2.45) is 0 Å². The molecule has 0 aliphatic heterocycles. The summed E-state index contributed by atoms with van der Waals surface area (Å²) in [5.74, 6) is 0.153. The predicted molar refractivity (Wildman–Crippen MR) is 58.4 cm³/mol. The van der Waals surface area contributed by atoms with E-state index in [9.17, 15) is 10.1 Å². The molecule has 0 aliphatic carbocycles. The summed E-state index contributed by atoms with van der Waals surface area (Å²) in [4.78, 5) is 10.1. The van der Waals surface area contributed by atoms with Gasteiger partial charge in [-0.2, -0.15) is 0 Å². The molecule has 1 aromatic carbocycles. The van der Waals surface area contributed by atoms with Crippen molar-refractivity contribution in [1.29, 1.82) is 0 Å². The standard InChI is InChI=1S/C10H10ClNO3/c1-3-7(2)15-10-6-8(11)4-5-9(10)12(13)14/h3-7H,1H2,2H3. The molecule has 0 radical (unpaired) electrons. The van der Waals surface area contributed by atoms with Crippen molar-refractivity contribution in [3.8, 4) is 5.75 Å². The van der Waals surface area contributed by atoms with Crippen LogP contribution in [0.1, 0.15) is 6.92 Å². The molecule has 0 saturated carbocycles. The highest BCUT2D eigenvalue weighted by molar-refractivity contribution is 6.30. The van der Waals surface area contributed by atoms with E-state index in [1.165, 1.54) is 18.2 Å². The number of hydrogen-bond acceptors (Lipinski definition) is 3. The quantitative estimate of drug-likeness (QED) is 0.451. The van der Waals surface area contributed by atoms with Gasteiger partial charge in [0.2, 0.25) is 0 Å². The molecular formula is C10H10ClNO3. The van der Waals surface area contributed by atoms with Crippen LogP contribution in [0.15, 0.2) is 30.9 Å². The lowest BCUT2D eigenvalue weighted by Gasteiger charge is -2.10. The zero-order valence-corrected chi connectivity index (χ0v) is 8.90. The molecule has 0 heterocycles. The van der Waals surface area contributed by atoms with Crippen LogP contribution >= 0.6 is 11.6 Å². The molecule has 0 aliphatic rings. The topological polar surface area (TPSA) is 52.4 Å². The molecule has 0 spiro atoms. The molecule has 0 N–H and O–H groups in total. The first-order valence-electron chi connectivity index (χ1n) is 4.27. The Labute approximate surface area is 92.3 Å². The second-order valence-electron chi connectivity index (χ2n) is 2.93. The molecule has 1 atom stereocenters. The van der Waals surface area contributed by atoms with Crippen molar-refractivity contribution in [2.75, 3.05) is 0 Å². The lowest BCUT2D eigenvalue weighted by atomic mass is 10.3. The highest BCUT2D eigenvalue weighted by Gasteiger charge is 2.16. The lowest BCUT2D eigenvalue weighted by molar-refractivity contribution is -0.386. The van der Waals surface area contributed by atoms with Gasteiger partial charge in [0.15, 0.2) is 5.75 Å². The van der Waals surface area contributed by atoms with Crippen molar-refractivity contribution < 1.29 is 9.66 Å². The van der Waals surface area contributed by atoms with Crippen LogP contribution in [0.2, 0.25) is 5.02 Å². The van der Waals surface area contributed by atoms with E-state index in [0.717, 1.165) is 0 Å². The highest BCUT2D eigenvalue weighted by atomic mass is 35.5. The highest BCUT2D eigenvalue weighted by Crippen LogP contribution is 2.30. The van der Waals surface area contributed by atoms with Gasteiger partial charge >= 0.3 is 5.69 Å². The molecule has 1 unspecified atom stereocenters. The van der Waals surface area contributed by atoms with Crippen LogP contribution < -0.4 is 4.74 Å². The number of nitro groups is 1. The number of ether oxygens (including phenoxy) is 1. The predicted octanol–water partition coefficient (Wildman–Crippen LogP) is 3.20. The van der Waals surface area contributed by atoms with Crippen LogP contribution in [0.25, 0.3) is 0 Å². The summed E-state index contributed by atoms with van der Waals surface area (Å²) in [6.45, 7) is 5.26. The largest absolute Gasteiger partial charge is 0.480 e. The molecule has 0 amide bonds. The summed E-state index contributed by atoms with van der Waals surface area (Å²) in [7, 11) is 0. The van der Waals surface area contributed by atoms with Gasteiger partial charge in [-0.25, -0.2) is 0 Å². The maximum atomic E-state index is 10.7. The Morgan fingerprint density at radius 2 is 2.33 bits per heavy atom. The van der Waals surface area contributed by atoms with Gasteiger partial charge in [-0.15, -0.1) is 0 Å². The normalized spacial score (nSPS) is 11.9. The number of nitrogens with zero attached hydrogens (tertiary/aromatic N) is 1. The van der Waals surface area contributed by atoms with Gasteiger partial charge in [0.25, 0.3) is 0 Å². The van der Waals surface area contributed by atoms with Crippen LogP contribution in [-0.4, -0.2) is 11.0 Å². The van der Waals surface area contributed by atoms with Gasteiger partial charge in [0, 0.05) is 17.2 Å². The van der Waals surface area contributed by atoms with E-state index in [2.05, 4.69) is 6.58 Å². The Bertz CT molecular complexity index is 392. The summed E-state index contributed by atoms with van der Waals surface area (Å²) < 4.78 is 5.29. The smallest absolute Gasteiger partial charge is 0.311 e. The molecule has 5 heteroatoms. The first kappa shape index (κ1) is 11.5. The number of hydrogen-bond donors (Lipinski definition) is 0. The van der Waals surface area contributed by atoms with E-state index in [4.69, 9.17) is 16.3 Å². The van der Waals surface area contributed by atoms with Crippen LogP contribution in [0, 0.1) is 10.1 Å². The Morgan fingerprint density at radius 1 is 1.67 bits per heavy atom. The third-order valence-electron chi connectivity index (χ3n) is 1.76. The zero-order valence-electron chi connectivity index (χ0n) is 8.14. The second-order valence-corrected chi connectivity index (χ2v) is 3.36. The Hall–Kier alpha value is -1.55. The molecule has 0 aromatic heterocycles. The van der Waals surface area contributed by atoms with E-state index in [0.29, 0.717) is 5.02 Å². The fraction of sp³-hybridized carbons (Fsp3) is 0.200. The van der Waals surface area contributed by atoms with Crippen molar-refractivity contribution >= 4 is 17.3 Å². The third kappa shape index (κ3) is 2.95. The molecule has 15 heavy (non-hydrogen) atoms. The van der Waals surface area contributed by atoms with Crippen molar-refractivity contribution in [3.63, 3.8) is 0 Å². The minimum absolute atomic E-state index is 0.104. The van der Waals surface area contributed by atoms with Gasteiger partial charge in [-0.1, -0.05) is 24.3 Å². The molecule has 80 valence electrons. The fourth-order valence-electron chi connectivity index (χ4n) is 0.982. The molecular weight excluding hydrogens is 218 g/mol. The monoisotopic (exact) mass is 227 g/mol. The Kier molecular flexibility index (Phi) is 3.68. The molecule has 0 fully saturated rings. The Balaban J connectivity index is 3.07. The minimum atomic E-state index is -0.512. The van der Waals surface area contributed by atoms with E-state index in [1.807, 2.05) is 0 Å². The second kappa shape index (κ2) is 4.79. The van der Waals surface area contributed by atoms with Gasteiger partial charge < -0.3 is 4.74 Å². The van der Waals surface area contributed by atoms with E-state index in [1.54, 1.807) is 13.0 Å². The van der Waals surface area contributed by atoms with Crippen molar-refractivity contribution in [1.82, 2.24) is 0 Å². The number of rotatable bonds is 4. The average Bonchev–Trinajstić information content (AvgIpc) is 2.17. The first-order valence-corrected chi connectivity index (χ1v) is 4.65.